The van der Waals surface area contributed by atoms with E-state index >= 15 is 0 Å². The summed E-state index contributed by atoms with van der Waals surface area (Å²) in [5, 5.41) is 5.46. The van der Waals surface area contributed by atoms with Crippen LogP contribution in [0.5, 0.6) is 5.75 Å². The van der Waals surface area contributed by atoms with Gasteiger partial charge in [0.05, 0.1) is 29.7 Å². The second kappa shape index (κ2) is 10.1. The Balaban J connectivity index is 1.42. The van der Waals surface area contributed by atoms with Gasteiger partial charge in [-0.25, -0.2) is 0 Å². The van der Waals surface area contributed by atoms with Crippen LogP contribution in [0.25, 0.3) is 0 Å². The molecule has 0 aliphatic carbocycles. The number of nitrogens with one attached hydrogen (secondary N) is 1. The van der Waals surface area contributed by atoms with Crippen molar-refractivity contribution in [1.82, 2.24) is 10.2 Å². The maximum atomic E-state index is 12.1. The maximum absolute atomic E-state index is 12.1. The third kappa shape index (κ3) is 6.21. The molecule has 1 aromatic heterocycles. The SMILES string of the molecule is Cc1csc(C(=O)NCc2ccc(OCCCN3CCOCC3)c(Cl)c2)c1. The Kier molecular flexibility index (Phi) is 7.52. The van der Waals surface area contributed by atoms with Crippen molar-refractivity contribution in [2.24, 2.45) is 0 Å². The third-order valence-electron chi connectivity index (χ3n) is 4.38. The molecule has 27 heavy (non-hydrogen) atoms. The van der Waals surface area contributed by atoms with Crippen molar-refractivity contribution in [3.8, 4) is 5.75 Å². The molecule has 5 nitrogen and oxygen atoms in total. The van der Waals surface area contributed by atoms with Gasteiger partial charge >= 0.3 is 0 Å². The van der Waals surface area contributed by atoms with E-state index in [4.69, 9.17) is 21.1 Å². The summed E-state index contributed by atoms with van der Waals surface area (Å²) in [6.07, 6.45) is 0.953. The number of thiophene rings is 1. The predicted octanol–water partition coefficient (Wildman–Crippen LogP) is 3.74. The monoisotopic (exact) mass is 408 g/mol. The third-order valence-corrected chi connectivity index (χ3v) is 5.73. The summed E-state index contributed by atoms with van der Waals surface area (Å²) in [7, 11) is 0. The molecular weight excluding hydrogens is 384 g/mol. The molecule has 1 saturated heterocycles. The van der Waals surface area contributed by atoms with Gasteiger partial charge in [0.2, 0.25) is 0 Å². The predicted molar refractivity (Wildman–Crippen MR) is 109 cm³/mol. The number of morpholine rings is 1. The number of ether oxygens (including phenoxy) is 2. The Hall–Kier alpha value is -1.60. The highest BCUT2D eigenvalue weighted by atomic mass is 35.5. The van der Waals surface area contributed by atoms with Crippen molar-refractivity contribution < 1.29 is 14.3 Å². The molecule has 3 rings (SSSR count). The van der Waals surface area contributed by atoms with Gasteiger partial charge in [0.25, 0.3) is 5.91 Å². The Morgan fingerprint density at radius 2 is 2.15 bits per heavy atom. The first kappa shape index (κ1) is 20.1. The molecule has 146 valence electrons. The topological polar surface area (TPSA) is 50.8 Å². The smallest absolute Gasteiger partial charge is 0.261 e. The molecule has 2 heterocycles. The van der Waals surface area contributed by atoms with Crippen LogP contribution in [0.3, 0.4) is 0 Å². The van der Waals surface area contributed by atoms with Crippen LogP contribution in [0.4, 0.5) is 0 Å². The molecule has 1 aliphatic heterocycles. The van der Waals surface area contributed by atoms with Crippen molar-refractivity contribution in [3.63, 3.8) is 0 Å². The highest BCUT2D eigenvalue weighted by molar-refractivity contribution is 7.12. The van der Waals surface area contributed by atoms with Crippen LogP contribution in [-0.2, 0) is 11.3 Å². The molecule has 0 spiro atoms. The fourth-order valence-electron chi connectivity index (χ4n) is 2.89. The van der Waals surface area contributed by atoms with E-state index in [1.807, 2.05) is 36.6 Å². The van der Waals surface area contributed by atoms with Gasteiger partial charge in [-0.05, 0) is 48.1 Å². The van der Waals surface area contributed by atoms with E-state index in [1.165, 1.54) is 11.3 Å². The van der Waals surface area contributed by atoms with Crippen molar-refractivity contribution in [1.29, 1.82) is 0 Å². The number of carbonyl (C=O) groups excluding carboxylic acids is 1. The molecule has 1 N–H and O–H groups in total. The average Bonchev–Trinajstić information content (AvgIpc) is 3.12. The fourth-order valence-corrected chi connectivity index (χ4v) is 3.96. The van der Waals surface area contributed by atoms with E-state index in [0.29, 0.717) is 23.9 Å². The Labute approximate surface area is 169 Å². The van der Waals surface area contributed by atoms with E-state index in [2.05, 4.69) is 10.2 Å². The van der Waals surface area contributed by atoms with Crippen molar-refractivity contribution in [3.05, 3.63) is 50.7 Å². The number of amides is 1. The number of rotatable bonds is 8. The lowest BCUT2D eigenvalue weighted by atomic mass is 10.2. The lowest BCUT2D eigenvalue weighted by Crippen LogP contribution is -2.37. The molecule has 0 saturated carbocycles. The van der Waals surface area contributed by atoms with E-state index in [-0.39, 0.29) is 5.91 Å². The van der Waals surface area contributed by atoms with Crippen molar-refractivity contribution >= 4 is 28.8 Å². The van der Waals surface area contributed by atoms with Gasteiger partial charge in [-0.1, -0.05) is 17.7 Å². The molecule has 0 bridgehead atoms. The molecule has 1 aromatic carbocycles. The lowest BCUT2D eigenvalue weighted by molar-refractivity contribution is 0.0358. The highest BCUT2D eigenvalue weighted by Gasteiger charge is 2.11. The summed E-state index contributed by atoms with van der Waals surface area (Å²) in [5.41, 5.74) is 2.05. The Bertz CT molecular complexity index is 759. The van der Waals surface area contributed by atoms with Gasteiger partial charge in [0, 0.05) is 26.2 Å². The van der Waals surface area contributed by atoms with Gasteiger partial charge in [-0.2, -0.15) is 0 Å². The Morgan fingerprint density at radius 1 is 1.33 bits per heavy atom. The van der Waals surface area contributed by atoms with Crippen molar-refractivity contribution in [2.45, 2.75) is 19.9 Å². The van der Waals surface area contributed by atoms with Gasteiger partial charge in [0.15, 0.2) is 0 Å². The highest BCUT2D eigenvalue weighted by Crippen LogP contribution is 2.25. The summed E-state index contributed by atoms with van der Waals surface area (Å²) >= 11 is 7.78. The number of aryl methyl sites for hydroxylation is 1. The first-order valence-electron chi connectivity index (χ1n) is 9.16. The molecular formula is C20H25ClN2O3S. The largest absolute Gasteiger partial charge is 0.492 e. The lowest BCUT2D eigenvalue weighted by Gasteiger charge is -2.26. The number of hydrogen-bond donors (Lipinski definition) is 1. The average molecular weight is 409 g/mol. The van der Waals surface area contributed by atoms with Crippen LogP contribution < -0.4 is 10.1 Å². The van der Waals surface area contributed by atoms with Gasteiger partial charge in [-0.15, -0.1) is 11.3 Å². The van der Waals surface area contributed by atoms with Crippen molar-refractivity contribution in [2.75, 3.05) is 39.5 Å². The van der Waals surface area contributed by atoms with Crippen LogP contribution in [0.1, 0.15) is 27.2 Å². The van der Waals surface area contributed by atoms with E-state index in [9.17, 15) is 4.79 Å². The van der Waals surface area contributed by atoms with Crippen LogP contribution in [0, 0.1) is 6.92 Å². The number of hydrogen-bond acceptors (Lipinski definition) is 5. The number of nitrogens with zero attached hydrogens (tertiary/aromatic N) is 1. The zero-order valence-corrected chi connectivity index (χ0v) is 17.1. The molecule has 0 atom stereocenters. The van der Waals surface area contributed by atoms with Crippen LogP contribution >= 0.6 is 22.9 Å². The van der Waals surface area contributed by atoms with E-state index in [0.717, 1.165) is 55.3 Å². The number of halogens is 1. The first-order chi connectivity index (χ1) is 13.1. The van der Waals surface area contributed by atoms with Crippen LogP contribution in [0.15, 0.2) is 29.6 Å². The molecule has 7 heteroatoms. The molecule has 1 aliphatic rings. The molecule has 1 fully saturated rings. The molecule has 1 amide bonds. The second-order valence-electron chi connectivity index (χ2n) is 6.59. The number of benzene rings is 1. The summed E-state index contributed by atoms with van der Waals surface area (Å²) in [5.74, 6) is 0.621. The minimum Gasteiger partial charge on any atom is -0.492 e. The number of carbonyl (C=O) groups is 1. The summed E-state index contributed by atoms with van der Waals surface area (Å²) in [4.78, 5) is 15.2. The van der Waals surface area contributed by atoms with Gasteiger partial charge in [0.1, 0.15) is 5.75 Å². The Morgan fingerprint density at radius 3 is 2.85 bits per heavy atom. The standard InChI is InChI=1S/C20H25ClN2O3S/c1-15-11-19(27-14-15)20(24)22-13-16-3-4-18(17(21)12-16)26-8-2-5-23-6-9-25-10-7-23/h3-4,11-12,14H,2,5-10,13H2,1H3,(H,22,24). The zero-order chi connectivity index (χ0) is 19.1. The zero-order valence-electron chi connectivity index (χ0n) is 15.5. The normalized spacial score (nSPS) is 14.9. The minimum atomic E-state index is -0.0624. The minimum absolute atomic E-state index is 0.0624. The maximum Gasteiger partial charge on any atom is 0.261 e. The molecule has 0 unspecified atom stereocenters. The van der Waals surface area contributed by atoms with Gasteiger partial charge < -0.3 is 14.8 Å². The van der Waals surface area contributed by atoms with E-state index < -0.39 is 0 Å². The quantitative estimate of drug-likeness (QED) is 0.676. The van der Waals surface area contributed by atoms with Crippen LogP contribution in [0.2, 0.25) is 5.02 Å². The fraction of sp³-hybridized carbons (Fsp3) is 0.450. The first-order valence-corrected chi connectivity index (χ1v) is 10.4. The summed E-state index contributed by atoms with van der Waals surface area (Å²) in [6.45, 7) is 7.67. The molecule has 2 aromatic rings. The van der Waals surface area contributed by atoms with E-state index in [1.54, 1.807) is 0 Å². The van der Waals surface area contributed by atoms with Crippen LogP contribution in [-0.4, -0.2) is 50.3 Å². The van der Waals surface area contributed by atoms with Gasteiger partial charge in [-0.3, -0.25) is 9.69 Å². The molecule has 0 radical (unpaired) electrons. The summed E-state index contributed by atoms with van der Waals surface area (Å²) < 4.78 is 11.2. The second-order valence-corrected chi connectivity index (χ2v) is 7.91. The summed E-state index contributed by atoms with van der Waals surface area (Å²) in [6, 6.07) is 7.54.